The minimum absolute atomic E-state index is 0.0369. The van der Waals surface area contributed by atoms with Crippen LogP contribution in [0.2, 0.25) is 0 Å². The molecule has 1 aliphatic rings. The van der Waals surface area contributed by atoms with E-state index in [0.29, 0.717) is 54.6 Å². The van der Waals surface area contributed by atoms with Crippen LogP contribution in [0.3, 0.4) is 0 Å². The summed E-state index contributed by atoms with van der Waals surface area (Å²) in [4.78, 5) is 18.8. The van der Waals surface area contributed by atoms with E-state index in [2.05, 4.69) is 16.4 Å². The summed E-state index contributed by atoms with van der Waals surface area (Å²) in [7, 11) is 0. The first-order valence-electron chi connectivity index (χ1n) is 9.80. The Morgan fingerprint density at radius 1 is 1.13 bits per heavy atom. The number of hydrogen-bond acceptors (Lipinski definition) is 4. The number of carbonyl (C=O) groups is 1. The van der Waals surface area contributed by atoms with Crippen molar-refractivity contribution >= 4 is 22.5 Å². The Kier molecular flexibility index (Phi) is 5.57. The Hall–Kier alpha value is -3.53. The lowest BCUT2D eigenvalue weighted by atomic mass is 9.94. The van der Waals surface area contributed by atoms with Gasteiger partial charge in [-0.3, -0.25) is 9.78 Å². The predicted octanol–water partition coefficient (Wildman–Crippen LogP) is 3.92. The molecule has 152 valence electrons. The molecule has 0 saturated carbocycles. The number of pyridine rings is 1. The molecule has 0 unspecified atom stereocenters. The Labute approximate surface area is 172 Å². The summed E-state index contributed by atoms with van der Waals surface area (Å²) in [6, 6.07) is 12.5. The van der Waals surface area contributed by atoms with Crippen molar-refractivity contribution in [3.8, 4) is 6.07 Å². The smallest absolute Gasteiger partial charge is 0.223 e. The molecule has 30 heavy (non-hydrogen) atoms. The van der Waals surface area contributed by atoms with E-state index in [-0.39, 0.29) is 23.5 Å². The van der Waals surface area contributed by atoms with Crippen molar-refractivity contribution in [2.75, 3.05) is 18.0 Å². The third-order valence-electron chi connectivity index (χ3n) is 5.48. The van der Waals surface area contributed by atoms with E-state index in [0.717, 1.165) is 5.56 Å². The molecular formula is C23H20F2N4O. The molecule has 4 rings (SSSR count). The number of benzene rings is 2. The summed E-state index contributed by atoms with van der Waals surface area (Å²) in [6.07, 6.45) is 2.76. The van der Waals surface area contributed by atoms with Gasteiger partial charge in [0.15, 0.2) is 0 Å². The van der Waals surface area contributed by atoms with Crippen LogP contribution in [0.15, 0.2) is 48.7 Å². The highest BCUT2D eigenvalue weighted by Gasteiger charge is 2.27. The van der Waals surface area contributed by atoms with Crippen LogP contribution >= 0.6 is 0 Å². The first-order valence-corrected chi connectivity index (χ1v) is 9.80. The maximum atomic E-state index is 13.8. The van der Waals surface area contributed by atoms with E-state index in [1.165, 1.54) is 30.5 Å². The Balaban J connectivity index is 1.44. The van der Waals surface area contributed by atoms with Gasteiger partial charge in [0.25, 0.3) is 0 Å². The van der Waals surface area contributed by atoms with Gasteiger partial charge in [0.1, 0.15) is 17.7 Å². The van der Waals surface area contributed by atoms with E-state index in [4.69, 9.17) is 0 Å². The summed E-state index contributed by atoms with van der Waals surface area (Å²) >= 11 is 0. The number of piperidine rings is 1. The summed E-state index contributed by atoms with van der Waals surface area (Å²) < 4.78 is 26.8. The van der Waals surface area contributed by atoms with E-state index < -0.39 is 0 Å². The highest BCUT2D eigenvalue weighted by Crippen LogP contribution is 2.33. The number of fused-ring (bicyclic) bond motifs is 1. The minimum atomic E-state index is -0.379. The summed E-state index contributed by atoms with van der Waals surface area (Å²) in [5, 5.41) is 13.0. The van der Waals surface area contributed by atoms with Crippen molar-refractivity contribution in [2.45, 2.75) is 19.4 Å². The molecule has 1 saturated heterocycles. The predicted molar refractivity (Wildman–Crippen MR) is 110 cm³/mol. The molecule has 0 spiro atoms. The number of carbonyl (C=O) groups excluding carboxylic acids is 1. The summed E-state index contributed by atoms with van der Waals surface area (Å²) in [5.74, 6) is -0.865. The van der Waals surface area contributed by atoms with Crippen LogP contribution < -0.4 is 10.2 Å². The third kappa shape index (κ3) is 4.08. The molecule has 3 aromatic rings. The number of rotatable bonds is 4. The first-order chi connectivity index (χ1) is 14.5. The number of hydrogen-bond donors (Lipinski definition) is 1. The van der Waals surface area contributed by atoms with Gasteiger partial charge in [-0.1, -0.05) is 12.1 Å². The van der Waals surface area contributed by atoms with Gasteiger partial charge in [-0.15, -0.1) is 0 Å². The molecule has 1 aliphatic heterocycles. The molecule has 5 nitrogen and oxygen atoms in total. The lowest BCUT2D eigenvalue weighted by Gasteiger charge is -2.34. The van der Waals surface area contributed by atoms with Gasteiger partial charge in [-0.2, -0.15) is 5.26 Å². The van der Waals surface area contributed by atoms with Gasteiger partial charge in [0.05, 0.1) is 16.8 Å². The molecule has 7 heteroatoms. The maximum Gasteiger partial charge on any atom is 0.223 e. The van der Waals surface area contributed by atoms with Crippen LogP contribution in [-0.4, -0.2) is 24.0 Å². The zero-order valence-corrected chi connectivity index (χ0v) is 16.2. The van der Waals surface area contributed by atoms with Gasteiger partial charge in [-0.25, -0.2) is 8.78 Å². The highest BCUT2D eigenvalue weighted by molar-refractivity contribution is 5.94. The van der Waals surface area contributed by atoms with Gasteiger partial charge in [-0.05, 0) is 48.7 Å². The highest BCUT2D eigenvalue weighted by atomic mass is 19.1. The Morgan fingerprint density at radius 2 is 1.83 bits per heavy atom. The summed E-state index contributed by atoms with van der Waals surface area (Å²) in [5.41, 5.74) is 2.54. The van der Waals surface area contributed by atoms with Gasteiger partial charge in [0.2, 0.25) is 5.91 Å². The lowest BCUT2D eigenvalue weighted by Crippen LogP contribution is -2.40. The fourth-order valence-corrected chi connectivity index (χ4v) is 3.87. The largest absolute Gasteiger partial charge is 0.370 e. The number of nitrogens with one attached hydrogen (secondary N) is 1. The average Bonchev–Trinajstić information content (AvgIpc) is 2.77. The fourth-order valence-electron chi connectivity index (χ4n) is 3.87. The molecule has 1 aromatic heterocycles. The van der Waals surface area contributed by atoms with Crippen LogP contribution in [0.25, 0.3) is 10.9 Å². The quantitative estimate of drug-likeness (QED) is 0.713. The molecular weight excluding hydrogens is 386 g/mol. The number of anilines is 1. The van der Waals surface area contributed by atoms with E-state index >= 15 is 0 Å². The second-order valence-corrected chi connectivity index (χ2v) is 7.40. The summed E-state index contributed by atoms with van der Waals surface area (Å²) in [6.45, 7) is 1.52. The van der Waals surface area contributed by atoms with Crippen molar-refractivity contribution in [2.24, 2.45) is 5.92 Å². The zero-order valence-electron chi connectivity index (χ0n) is 16.2. The number of halogens is 2. The molecule has 0 radical (unpaired) electrons. The minimum Gasteiger partial charge on any atom is -0.370 e. The third-order valence-corrected chi connectivity index (χ3v) is 5.48. The van der Waals surface area contributed by atoms with Gasteiger partial charge in [0, 0.05) is 37.1 Å². The molecule has 0 bridgehead atoms. The van der Waals surface area contributed by atoms with E-state index in [9.17, 15) is 18.8 Å². The van der Waals surface area contributed by atoms with Crippen LogP contribution in [0, 0.1) is 28.9 Å². The monoisotopic (exact) mass is 406 g/mol. The topological polar surface area (TPSA) is 69.0 Å². The number of nitrogens with zero attached hydrogens (tertiary/aromatic N) is 3. The molecule has 0 atom stereocenters. The molecule has 1 amide bonds. The van der Waals surface area contributed by atoms with E-state index in [1.807, 2.05) is 4.90 Å². The maximum absolute atomic E-state index is 13.8. The lowest BCUT2D eigenvalue weighted by molar-refractivity contribution is -0.125. The molecule has 1 fully saturated rings. The molecule has 0 aliphatic carbocycles. The molecule has 1 N–H and O–H groups in total. The fraction of sp³-hybridized carbons (Fsp3) is 0.261. The van der Waals surface area contributed by atoms with Crippen LogP contribution in [0.1, 0.15) is 24.0 Å². The van der Waals surface area contributed by atoms with Crippen LogP contribution in [0.5, 0.6) is 0 Å². The van der Waals surface area contributed by atoms with Crippen molar-refractivity contribution in [1.29, 1.82) is 5.26 Å². The van der Waals surface area contributed by atoms with Crippen LogP contribution in [0.4, 0.5) is 14.5 Å². The van der Waals surface area contributed by atoms with Crippen molar-refractivity contribution < 1.29 is 13.6 Å². The SMILES string of the molecule is N#Cc1cnc2ccc(F)cc2c1N1CCC(C(=O)NCc2ccc(F)cc2)CC1. The first kappa shape index (κ1) is 19.8. The molecule has 2 heterocycles. The normalized spacial score (nSPS) is 14.5. The number of nitriles is 1. The Morgan fingerprint density at radius 3 is 2.53 bits per heavy atom. The second-order valence-electron chi connectivity index (χ2n) is 7.40. The second kappa shape index (κ2) is 8.46. The van der Waals surface area contributed by atoms with Crippen molar-refractivity contribution in [1.82, 2.24) is 10.3 Å². The zero-order chi connectivity index (χ0) is 21.1. The van der Waals surface area contributed by atoms with E-state index in [1.54, 1.807) is 18.2 Å². The molecule has 2 aromatic carbocycles. The number of amides is 1. The number of aromatic nitrogens is 1. The Bertz CT molecular complexity index is 1120. The van der Waals surface area contributed by atoms with Crippen LogP contribution in [-0.2, 0) is 11.3 Å². The van der Waals surface area contributed by atoms with Crippen molar-refractivity contribution in [3.05, 3.63) is 71.4 Å². The average molecular weight is 406 g/mol. The van der Waals surface area contributed by atoms with Gasteiger partial charge < -0.3 is 10.2 Å². The van der Waals surface area contributed by atoms with Crippen molar-refractivity contribution in [3.63, 3.8) is 0 Å². The standard InChI is InChI=1S/C23H20F2N4O/c24-18-3-1-15(2-4-18)13-28-23(30)16-7-9-29(10-8-16)22-17(12-26)14-27-21-6-5-19(25)11-20(21)22/h1-6,11,14,16H,7-10,13H2,(H,28,30). The van der Waals surface area contributed by atoms with Gasteiger partial charge >= 0.3 is 0 Å².